The molecular formula is C23H20N4O3. The molecular weight excluding hydrogens is 380 g/mol. The molecule has 0 atom stereocenters. The Labute approximate surface area is 173 Å². The minimum atomic E-state index is -0.391. The Morgan fingerprint density at radius 2 is 1.93 bits per heavy atom. The first-order valence-electron chi connectivity index (χ1n) is 9.47. The number of H-pyrrole nitrogens is 1. The van der Waals surface area contributed by atoms with Crippen molar-refractivity contribution >= 4 is 12.1 Å². The lowest BCUT2D eigenvalue weighted by Gasteiger charge is -2.06. The molecule has 4 aromatic rings. The van der Waals surface area contributed by atoms with Crippen LogP contribution in [0.2, 0.25) is 0 Å². The van der Waals surface area contributed by atoms with Crippen molar-refractivity contribution < 1.29 is 13.9 Å². The minimum absolute atomic E-state index is 0.310. The number of aromatic nitrogens is 2. The number of benzene rings is 2. The number of hydrazone groups is 1. The van der Waals surface area contributed by atoms with Crippen LogP contribution in [0, 0.1) is 0 Å². The monoisotopic (exact) mass is 400 g/mol. The van der Waals surface area contributed by atoms with E-state index in [9.17, 15) is 4.79 Å². The number of amides is 1. The Morgan fingerprint density at radius 3 is 2.70 bits per heavy atom. The molecule has 2 aromatic heterocycles. The van der Waals surface area contributed by atoms with Gasteiger partial charge in [-0.15, -0.1) is 0 Å². The lowest BCUT2D eigenvalue weighted by atomic mass is 10.1. The van der Waals surface area contributed by atoms with E-state index in [1.165, 1.54) is 18.0 Å². The van der Waals surface area contributed by atoms with Gasteiger partial charge >= 0.3 is 0 Å². The van der Waals surface area contributed by atoms with Gasteiger partial charge in [-0.1, -0.05) is 30.3 Å². The summed E-state index contributed by atoms with van der Waals surface area (Å²) in [4.78, 5) is 12.2. The van der Waals surface area contributed by atoms with Crippen molar-refractivity contribution in [2.45, 2.75) is 6.42 Å². The maximum atomic E-state index is 12.2. The first kappa shape index (κ1) is 19.2. The van der Waals surface area contributed by atoms with Crippen LogP contribution in [0.3, 0.4) is 0 Å². The maximum absolute atomic E-state index is 12.2. The average molecular weight is 400 g/mol. The van der Waals surface area contributed by atoms with Crippen molar-refractivity contribution in [1.29, 1.82) is 0 Å². The number of furan rings is 1. The first-order chi connectivity index (χ1) is 14.8. The first-order valence-corrected chi connectivity index (χ1v) is 9.47. The van der Waals surface area contributed by atoms with Gasteiger partial charge in [-0.25, -0.2) is 5.43 Å². The lowest BCUT2D eigenvalue weighted by molar-refractivity contribution is 0.0950. The molecule has 2 aromatic carbocycles. The van der Waals surface area contributed by atoms with Crippen molar-refractivity contribution in [2.24, 2.45) is 5.10 Å². The van der Waals surface area contributed by atoms with Gasteiger partial charge in [-0.2, -0.15) is 10.2 Å². The van der Waals surface area contributed by atoms with Crippen LogP contribution in [0.4, 0.5) is 0 Å². The lowest BCUT2D eigenvalue weighted by Crippen LogP contribution is -2.17. The van der Waals surface area contributed by atoms with Crippen LogP contribution >= 0.6 is 0 Å². The fourth-order valence-electron chi connectivity index (χ4n) is 2.82. The Morgan fingerprint density at radius 1 is 1.10 bits per heavy atom. The molecule has 7 heteroatoms. The Balaban J connectivity index is 1.31. The molecule has 0 bridgehead atoms. The highest BCUT2D eigenvalue weighted by Crippen LogP contribution is 2.21. The largest absolute Gasteiger partial charge is 0.493 e. The summed E-state index contributed by atoms with van der Waals surface area (Å²) in [6.45, 7) is 0.606. The van der Waals surface area contributed by atoms with E-state index in [0.29, 0.717) is 23.8 Å². The quantitative estimate of drug-likeness (QED) is 0.345. The Hall–Kier alpha value is -4.13. The summed E-state index contributed by atoms with van der Waals surface area (Å²) in [5.41, 5.74) is 5.51. The summed E-state index contributed by atoms with van der Waals surface area (Å²) in [5, 5.41) is 10.8. The molecule has 150 valence electrons. The fourth-order valence-corrected chi connectivity index (χ4v) is 2.82. The zero-order valence-corrected chi connectivity index (χ0v) is 16.1. The molecule has 7 nitrogen and oxygen atoms in total. The maximum Gasteiger partial charge on any atom is 0.289 e. The van der Waals surface area contributed by atoms with E-state index in [4.69, 9.17) is 9.15 Å². The van der Waals surface area contributed by atoms with Crippen molar-refractivity contribution in [1.82, 2.24) is 15.6 Å². The molecule has 0 spiro atoms. The van der Waals surface area contributed by atoms with E-state index in [-0.39, 0.29) is 0 Å². The highest BCUT2D eigenvalue weighted by Gasteiger charge is 2.10. The Kier molecular flexibility index (Phi) is 6.00. The Bertz CT molecular complexity index is 1100. The molecule has 0 fully saturated rings. The van der Waals surface area contributed by atoms with Crippen molar-refractivity contribution in [3.63, 3.8) is 0 Å². The van der Waals surface area contributed by atoms with Gasteiger partial charge < -0.3 is 9.15 Å². The standard InChI is InChI=1S/C23H20N4O3/c28-23(27-24-16-20-7-4-13-29-20)22-15-21(25-26-22)18-8-10-19(11-9-18)30-14-12-17-5-2-1-3-6-17/h1-11,13,15-16H,12,14H2,(H,25,26)(H,27,28)/b24-16-. The number of nitrogens with one attached hydrogen (secondary N) is 2. The predicted octanol–water partition coefficient (Wildman–Crippen LogP) is 4.06. The second kappa shape index (κ2) is 9.38. The van der Waals surface area contributed by atoms with E-state index >= 15 is 0 Å². The highest BCUT2D eigenvalue weighted by molar-refractivity contribution is 5.93. The summed E-state index contributed by atoms with van der Waals surface area (Å²) in [7, 11) is 0. The van der Waals surface area contributed by atoms with E-state index in [0.717, 1.165) is 17.7 Å². The molecule has 0 unspecified atom stereocenters. The van der Waals surface area contributed by atoms with E-state index < -0.39 is 5.91 Å². The number of nitrogens with zero attached hydrogens (tertiary/aromatic N) is 2. The number of rotatable bonds is 8. The molecule has 0 radical (unpaired) electrons. The average Bonchev–Trinajstić information content (AvgIpc) is 3.47. The smallest absolute Gasteiger partial charge is 0.289 e. The summed E-state index contributed by atoms with van der Waals surface area (Å²) in [6.07, 6.45) is 3.80. The third-order valence-corrected chi connectivity index (χ3v) is 4.38. The van der Waals surface area contributed by atoms with Crippen LogP contribution in [0.25, 0.3) is 11.3 Å². The second-order valence-corrected chi connectivity index (χ2v) is 6.49. The highest BCUT2D eigenvalue weighted by atomic mass is 16.5. The van der Waals surface area contributed by atoms with Crippen molar-refractivity contribution in [3.8, 4) is 17.0 Å². The topological polar surface area (TPSA) is 92.5 Å². The third kappa shape index (κ3) is 5.02. The van der Waals surface area contributed by atoms with Crippen molar-refractivity contribution in [2.75, 3.05) is 6.61 Å². The van der Waals surface area contributed by atoms with Gasteiger partial charge in [0.05, 0.1) is 24.8 Å². The molecule has 0 aliphatic carbocycles. The predicted molar refractivity (Wildman–Crippen MR) is 113 cm³/mol. The van der Waals surface area contributed by atoms with Gasteiger partial charge in [0, 0.05) is 12.0 Å². The van der Waals surface area contributed by atoms with E-state index in [2.05, 4.69) is 32.9 Å². The van der Waals surface area contributed by atoms with Crippen LogP contribution in [-0.2, 0) is 6.42 Å². The zero-order chi connectivity index (χ0) is 20.6. The van der Waals surface area contributed by atoms with Crippen LogP contribution in [0.5, 0.6) is 5.75 Å². The van der Waals surface area contributed by atoms with Crippen molar-refractivity contribution in [3.05, 3.63) is 96.1 Å². The summed E-state index contributed by atoms with van der Waals surface area (Å²) in [5.74, 6) is 0.944. The normalized spacial score (nSPS) is 10.9. The molecule has 4 rings (SSSR count). The number of carbonyl (C=O) groups excluding carboxylic acids is 1. The molecule has 0 aliphatic heterocycles. The number of hydrogen-bond acceptors (Lipinski definition) is 5. The minimum Gasteiger partial charge on any atom is -0.493 e. The fraction of sp³-hybridized carbons (Fsp3) is 0.0870. The van der Waals surface area contributed by atoms with Gasteiger partial charge in [-0.05, 0) is 48.0 Å². The SMILES string of the molecule is O=C(N/N=C\c1ccco1)c1cc(-c2ccc(OCCc3ccccc3)cc2)n[nH]1. The zero-order valence-electron chi connectivity index (χ0n) is 16.1. The molecule has 0 saturated carbocycles. The number of carbonyl (C=O) groups is 1. The van der Waals surface area contributed by atoms with Gasteiger partial charge in [0.15, 0.2) is 0 Å². The summed E-state index contributed by atoms with van der Waals surface area (Å²) in [6, 6.07) is 23.0. The van der Waals surface area contributed by atoms with Gasteiger partial charge in [0.2, 0.25) is 0 Å². The molecule has 0 aliphatic rings. The van der Waals surface area contributed by atoms with E-state index in [1.54, 1.807) is 18.2 Å². The molecule has 2 heterocycles. The third-order valence-electron chi connectivity index (χ3n) is 4.38. The number of hydrogen-bond donors (Lipinski definition) is 2. The molecule has 1 amide bonds. The number of ether oxygens (including phenoxy) is 1. The second-order valence-electron chi connectivity index (χ2n) is 6.49. The summed E-state index contributed by atoms with van der Waals surface area (Å²) < 4.78 is 10.9. The molecule has 30 heavy (non-hydrogen) atoms. The number of aromatic amines is 1. The van der Waals surface area contributed by atoms with Gasteiger partial charge in [0.25, 0.3) is 5.91 Å². The van der Waals surface area contributed by atoms with Crippen LogP contribution in [0.15, 0.2) is 88.6 Å². The van der Waals surface area contributed by atoms with Crippen LogP contribution in [0.1, 0.15) is 21.8 Å². The molecule has 0 saturated heterocycles. The van der Waals surface area contributed by atoms with E-state index in [1.807, 2.05) is 42.5 Å². The molecule has 2 N–H and O–H groups in total. The summed E-state index contributed by atoms with van der Waals surface area (Å²) >= 11 is 0. The van der Waals surface area contributed by atoms with Gasteiger partial charge in [-0.3, -0.25) is 9.89 Å². The van der Waals surface area contributed by atoms with Crippen LogP contribution in [-0.4, -0.2) is 28.9 Å². The van der Waals surface area contributed by atoms with Crippen LogP contribution < -0.4 is 10.2 Å². The van der Waals surface area contributed by atoms with Gasteiger partial charge in [0.1, 0.15) is 17.2 Å².